The summed E-state index contributed by atoms with van der Waals surface area (Å²) in [6, 6.07) is 8.65. The van der Waals surface area contributed by atoms with Crippen LogP contribution in [0.1, 0.15) is 10.4 Å². The summed E-state index contributed by atoms with van der Waals surface area (Å²) in [4.78, 5) is 38.4. The van der Waals surface area contributed by atoms with Crippen LogP contribution in [0.2, 0.25) is 0 Å². The number of primary amides is 1. The van der Waals surface area contributed by atoms with Gasteiger partial charge in [0, 0.05) is 4.88 Å². The lowest BCUT2D eigenvalue weighted by atomic mass is 10.2. The second-order valence-corrected chi connectivity index (χ2v) is 6.48. The van der Waals surface area contributed by atoms with Gasteiger partial charge in [-0.15, -0.1) is 11.3 Å². The molecule has 1 amide bonds. The molecule has 0 aliphatic rings. The monoisotopic (exact) mass is 329 g/mol. The zero-order chi connectivity index (χ0) is 16.7. The quantitative estimate of drug-likeness (QED) is 0.786. The van der Waals surface area contributed by atoms with Crippen molar-refractivity contribution < 1.29 is 4.79 Å². The summed E-state index contributed by atoms with van der Waals surface area (Å²) in [6.07, 6.45) is 0. The highest BCUT2D eigenvalue weighted by Gasteiger charge is 2.20. The van der Waals surface area contributed by atoms with E-state index in [0.717, 1.165) is 15.0 Å². The largest absolute Gasteiger partial charge is 0.368 e. The Morgan fingerprint density at radius 1 is 1.17 bits per heavy atom. The van der Waals surface area contributed by atoms with E-state index < -0.39 is 11.6 Å². The number of carbonyl (C=O) groups excluding carboxylic acids is 1. The first kappa shape index (κ1) is 15.2. The molecule has 0 atom stereocenters. The number of fused-ring (bicyclic) bond motifs is 1. The Balaban J connectivity index is 2.51. The lowest BCUT2D eigenvalue weighted by Crippen LogP contribution is -2.40. The fourth-order valence-electron chi connectivity index (χ4n) is 2.56. The van der Waals surface area contributed by atoms with E-state index in [2.05, 4.69) is 0 Å². The summed E-state index contributed by atoms with van der Waals surface area (Å²) in [7, 11) is 0. The Morgan fingerprint density at radius 2 is 1.83 bits per heavy atom. The number of para-hydroxylation sites is 1. The molecule has 0 aliphatic heterocycles. The van der Waals surface area contributed by atoms with Crippen LogP contribution in [-0.2, 0) is 11.3 Å². The summed E-state index contributed by atoms with van der Waals surface area (Å²) in [5.41, 5.74) is 5.62. The number of aryl methyl sites for hydroxylation is 2. The molecule has 2 aromatic heterocycles. The van der Waals surface area contributed by atoms with Crippen molar-refractivity contribution in [3.63, 3.8) is 0 Å². The Morgan fingerprint density at radius 3 is 2.43 bits per heavy atom. The number of amides is 1. The number of aromatic nitrogens is 2. The molecule has 0 saturated heterocycles. The molecular weight excluding hydrogens is 314 g/mol. The highest BCUT2D eigenvalue weighted by atomic mass is 32.1. The SMILES string of the molecule is Cc1sc2c(c1C)c(=O)n(-c1ccccc1)c(=O)n2CC(N)=O. The first-order chi connectivity index (χ1) is 10.9. The highest BCUT2D eigenvalue weighted by molar-refractivity contribution is 7.18. The van der Waals surface area contributed by atoms with Crippen LogP contribution in [-0.4, -0.2) is 15.0 Å². The maximum Gasteiger partial charge on any atom is 0.337 e. The molecule has 118 valence electrons. The average molecular weight is 329 g/mol. The van der Waals surface area contributed by atoms with E-state index in [1.54, 1.807) is 30.3 Å². The van der Waals surface area contributed by atoms with E-state index in [1.165, 1.54) is 15.9 Å². The molecule has 0 unspecified atom stereocenters. The number of hydrogen-bond acceptors (Lipinski definition) is 4. The van der Waals surface area contributed by atoms with E-state index in [-0.39, 0.29) is 12.1 Å². The van der Waals surface area contributed by atoms with Gasteiger partial charge in [-0.3, -0.25) is 14.2 Å². The van der Waals surface area contributed by atoms with Crippen LogP contribution in [0.3, 0.4) is 0 Å². The molecule has 2 N–H and O–H groups in total. The normalized spacial score (nSPS) is 11.0. The van der Waals surface area contributed by atoms with E-state index in [1.807, 2.05) is 13.8 Å². The lowest BCUT2D eigenvalue weighted by Gasteiger charge is -2.11. The second-order valence-electron chi connectivity index (χ2n) is 5.27. The van der Waals surface area contributed by atoms with Gasteiger partial charge in [0.25, 0.3) is 5.56 Å². The molecule has 6 nitrogen and oxygen atoms in total. The molecule has 2 heterocycles. The van der Waals surface area contributed by atoms with Crippen molar-refractivity contribution in [1.82, 2.24) is 9.13 Å². The fourth-order valence-corrected chi connectivity index (χ4v) is 3.70. The molecule has 3 rings (SSSR count). The van der Waals surface area contributed by atoms with Crippen molar-refractivity contribution in [1.29, 1.82) is 0 Å². The zero-order valence-corrected chi connectivity index (χ0v) is 13.5. The third-order valence-corrected chi connectivity index (χ3v) is 5.01. The zero-order valence-electron chi connectivity index (χ0n) is 12.7. The number of carbonyl (C=O) groups is 1. The molecule has 0 saturated carbocycles. The molecule has 0 aliphatic carbocycles. The summed E-state index contributed by atoms with van der Waals surface area (Å²) < 4.78 is 2.36. The number of thiophene rings is 1. The van der Waals surface area contributed by atoms with Crippen molar-refractivity contribution in [3.8, 4) is 5.69 Å². The standard InChI is InChI=1S/C16H15N3O3S/c1-9-10(2)23-15-13(9)14(21)19(11-6-4-3-5-7-11)16(22)18(15)8-12(17)20/h3-7H,8H2,1-2H3,(H2,17,20). The van der Waals surface area contributed by atoms with Gasteiger partial charge in [0.15, 0.2) is 0 Å². The molecule has 23 heavy (non-hydrogen) atoms. The van der Waals surface area contributed by atoms with E-state index >= 15 is 0 Å². The van der Waals surface area contributed by atoms with Crippen molar-refractivity contribution >= 4 is 27.5 Å². The fraction of sp³-hybridized carbons (Fsp3) is 0.188. The van der Waals surface area contributed by atoms with Crippen LogP contribution < -0.4 is 17.0 Å². The van der Waals surface area contributed by atoms with Crippen molar-refractivity contribution in [2.75, 3.05) is 0 Å². The predicted molar refractivity (Wildman–Crippen MR) is 90.4 cm³/mol. The van der Waals surface area contributed by atoms with Gasteiger partial charge in [0.05, 0.1) is 11.1 Å². The summed E-state index contributed by atoms with van der Waals surface area (Å²) in [6.45, 7) is 3.46. The number of nitrogens with two attached hydrogens (primary N) is 1. The van der Waals surface area contributed by atoms with Gasteiger partial charge in [-0.05, 0) is 31.5 Å². The van der Waals surface area contributed by atoms with Gasteiger partial charge in [-0.1, -0.05) is 18.2 Å². The maximum absolute atomic E-state index is 12.9. The molecule has 0 bridgehead atoms. The van der Waals surface area contributed by atoms with Crippen LogP contribution in [0.5, 0.6) is 0 Å². The molecule has 0 spiro atoms. The van der Waals surface area contributed by atoms with Gasteiger partial charge >= 0.3 is 5.69 Å². The second kappa shape index (κ2) is 5.51. The Bertz CT molecular complexity index is 1030. The van der Waals surface area contributed by atoms with Crippen LogP contribution in [0.4, 0.5) is 0 Å². The van der Waals surface area contributed by atoms with E-state index in [4.69, 9.17) is 5.73 Å². The van der Waals surface area contributed by atoms with E-state index in [9.17, 15) is 14.4 Å². The molecule has 7 heteroatoms. The Kier molecular flexibility index (Phi) is 3.65. The van der Waals surface area contributed by atoms with Gasteiger partial charge in [0.2, 0.25) is 5.91 Å². The predicted octanol–water partition coefficient (Wildman–Crippen LogP) is 1.32. The number of benzene rings is 1. The summed E-state index contributed by atoms with van der Waals surface area (Å²) in [5, 5.41) is 0.456. The van der Waals surface area contributed by atoms with Gasteiger partial charge < -0.3 is 5.73 Å². The molecule has 3 aromatic rings. The maximum atomic E-state index is 12.9. The minimum absolute atomic E-state index is 0.262. The smallest absolute Gasteiger partial charge is 0.337 e. The van der Waals surface area contributed by atoms with Crippen LogP contribution in [0, 0.1) is 13.8 Å². The van der Waals surface area contributed by atoms with Crippen LogP contribution in [0.15, 0.2) is 39.9 Å². The Hall–Kier alpha value is -2.67. The van der Waals surface area contributed by atoms with Crippen molar-refractivity contribution in [2.24, 2.45) is 5.73 Å². The number of hydrogen-bond donors (Lipinski definition) is 1. The molecule has 0 radical (unpaired) electrons. The average Bonchev–Trinajstić information content (AvgIpc) is 2.80. The number of nitrogens with zero attached hydrogens (tertiary/aromatic N) is 2. The minimum Gasteiger partial charge on any atom is -0.368 e. The third-order valence-electron chi connectivity index (χ3n) is 3.78. The van der Waals surface area contributed by atoms with Crippen molar-refractivity contribution in [2.45, 2.75) is 20.4 Å². The van der Waals surface area contributed by atoms with E-state index in [0.29, 0.717) is 15.9 Å². The van der Waals surface area contributed by atoms with Gasteiger partial charge in [-0.25, -0.2) is 9.36 Å². The van der Waals surface area contributed by atoms with Gasteiger partial charge in [-0.2, -0.15) is 0 Å². The number of rotatable bonds is 3. The highest BCUT2D eigenvalue weighted by Crippen LogP contribution is 2.27. The van der Waals surface area contributed by atoms with Crippen LogP contribution >= 0.6 is 11.3 Å². The molecular formula is C16H15N3O3S. The molecule has 1 aromatic carbocycles. The first-order valence-electron chi connectivity index (χ1n) is 7.01. The minimum atomic E-state index is -0.629. The first-order valence-corrected chi connectivity index (χ1v) is 7.82. The summed E-state index contributed by atoms with van der Waals surface area (Å²) in [5.74, 6) is -0.629. The third kappa shape index (κ3) is 2.39. The topological polar surface area (TPSA) is 87.1 Å². The lowest BCUT2D eigenvalue weighted by molar-refractivity contribution is -0.118. The van der Waals surface area contributed by atoms with Gasteiger partial charge in [0.1, 0.15) is 11.4 Å². The molecule has 0 fully saturated rings. The van der Waals surface area contributed by atoms with Crippen LogP contribution in [0.25, 0.3) is 15.9 Å². The summed E-state index contributed by atoms with van der Waals surface area (Å²) >= 11 is 1.32. The Labute approximate surface area is 135 Å². The van der Waals surface area contributed by atoms with Crippen molar-refractivity contribution in [3.05, 3.63) is 61.6 Å².